The quantitative estimate of drug-likeness (QED) is 0.904. The summed E-state index contributed by atoms with van der Waals surface area (Å²) in [5, 5.41) is 4.39. The van der Waals surface area contributed by atoms with Crippen molar-refractivity contribution in [2.24, 2.45) is 0 Å². The molecule has 0 saturated carbocycles. The number of nitrogens with zero attached hydrogens (tertiary/aromatic N) is 2. The van der Waals surface area contributed by atoms with Crippen molar-refractivity contribution in [3.8, 4) is 0 Å². The zero-order chi connectivity index (χ0) is 13.1. The standard InChI is InChI=1S/C14H22ClN3/c1-11-4-5-12(15)8-14(11)18-7-6-16-13(10-18)9-17(2)3/h4-5,8,13,16H,6-7,9-10H2,1-3H3. The molecule has 1 N–H and O–H groups in total. The lowest BCUT2D eigenvalue weighted by atomic mass is 10.1. The molecule has 18 heavy (non-hydrogen) atoms. The lowest BCUT2D eigenvalue weighted by Gasteiger charge is -2.37. The molecule has 0 aliphatic carbocycles. The van der Waals surface area contributed by atoms with Crippen molar-refractivity contribution >= 4 is 17.3 Å². The highest BCUT2D eigenvalue weighted by molar-refractivity contribution is 6.30. The molecule has 1 aliphatic heterocycles. The summed E-state index contributed by atoms with van der Waals surface area (Å²) in [5.41, 5.74) is 2.57. The van der Waals surface area contributed by atoms with Crippen molar-refractivity contribution in [2.45, 2.75) is 13.0 Å². The molecule has 1 atom stereocenters. The van der Waals surface area contributed by atoms with E-state index in [4.69, 9.17) is 11.6 Å². The molecule has 2 rings (SSSR count). The van der Waals surface area contributed by atoms with Crippen LogP contribution in [-0.2, 0) is 0 Å². The molecule has 4 heteroatoms. The number of piperazine rings is 1. The minimum Gasteiger partial charge on any atom is -0.368 e. The summed E-state index contributed by atoms with van der Waals surface area (Å²) in [6, 6.07) is 6.65. The third kappa shape index (κ3) is 3.37. The maximum absolute atomic E-state index is 6.11. The van der Waals surface area contributed by atoms with Crippen molar-refractivity contribution in [3.05, 3.63) is 28.8 Å². The fourth-order valence-corrected chi connectivity index (χ4v) is 2.70. The molecule has 0 amide bonds. The zero-order valence-electron chi connectivity index (χ0n) is 11.4. The molecular formula is C14H22ClN3. The van der Waals surface area contributed by atoms with Crippen molar-refractivity contribution in [1.82, 2.24) is 10.2 Å². The topological polar surface area (TPSA) is 18.5 Å². The molecule has 1 fully saturated rings. The zero-order valence-corrected chi connectivity index (χ0v) is 12.2. The van der Waals surface area contributed by atoms with E-state index < -0.39 is 0 Å². The van der Waals surface area contributed by atoms with Crippen LogP contribution in [0, 0.1) is 6.92 Å². The average Bonchev–Trinajstić information content (AvgIpc) is 2.32. The van der Waals surface area contributed by atoms with Crippen molar-refractivity contribution < 1.29 is 0 Å². The molecule has 0 spiro atoms. The Balaban J connectivity index is 2.10. The molecule has 3 nitrogen and oxygen atoms in total. The highest BCUT2D eigenvalue weighted by Crippen LogP contribution is 2.25. The van der Waals surface area contributed by atoms with Gasteiger partial charge in [0.15, 0.2) is 0 Å². The smallest absolute Gasteiger partial charge is 0.0426 e. The van der Waals surface area contributed by atoms with E-state index in [2.05, 4.69) is 48.3 Å². The molecule has 1 unspecified atom stereocenters. The SMILES string of the molecule is Cc1ccc(Cl)cc1N1CCNC(CN(C)C)C1. The summed E-state index contributed by atoms with van der Waals surface area (Å²) in [6.45, 7) is 6.33. The fraction of sp³-hybridized carbons (Fsp3) is 0.571. The summed E-state index contributed by atoms with van der Waals surface area (Å²) in [4.78, 5) is 4.66. The Morgan fingerprint density at radius 3 is 2.94 bits per heavy atom. The van der Waals surface area contributed by atoms with Crippen molar-refractivity contribution in [3.63, 3.8) is 0 Å². The minimum absolute atomic E-state index is 0.520. The lowest BCUT2D eigenvalue weighted by molar-refractivity contribution is 0.323. The third-order valence-electron chi connectivity index (χ3n) is 3.35. The van der Waals surface area contributed by atoms with Gasteiger partial charge in [-0.05, 0) is 38.7 Å². The lowest BCUT2D eigenvalue weighted by Crippen LogP contribution is -2.54. The van der Waals surface area contributed by atoms with Crippen LogP contribution in [0.3, 0.4) is 0 Å². The van der Waals surface area contributed by atoms with Gasteiger partial charge in [-0.15, -0.1) is 0 Å². The second-order valence-corrected chi connectivity index (χ2v) is 5.73. The summed E-state index contributed by atoms with van der Waals surface area (Å²) in [5.74, 6) is 0. The van der Waals surface area contributed by atoms with Crippen LogP contribution in [0.4, 0.5) is 5.69 Å². The second kappa shape index (κ2) is 5.91. The van der Waals surface area contributed by atoms with Crippen LogP contribution in [0.25, 0.3) is 0 Å². The van der Waals surface area contributed by atoms with Gasteiger partial charge >= 0.3 is 0 Å². The molecule has 0 aromatic heterocycles. The second-order valence-electron chi connectivity index (χ2n) is 5.29. The molecule has 0 bridgehead atoms. The van der Waals surface area contributed by atoms with Gasteiger partial charge in [0, 0.05) is 42.9 Å². The predicted octanol–water partition coefficient (Wildman–Crippen LogP) is 1.99. The maximum atomic E-state index is 6.11. The van der Waals surface area contributed by atoms with E-state index in [1.165, 1.54) is 11.3 Å². The molecule has 100 valence electrons. The first-order valence-electron chi connectivity index (χ1n) is 6.45. The summed E-state index contributed by atoms with van der Waals surface area (Å²) < 4.78 is 0. The predicted molar refractivity (Wildman–Crippen MR) is 78.7 cm³/mol. The van der Waals surface area contributed by atoms with E-state index in [-0.39, 0.29) is 0 Å². The van der Waals surface area contributed by atoms with Gasteiger partial charge < -0.3 is 15.1 Å². The maximum Gasteiger partial charge on any atom is 0.0426 e. The number of rotatable bonds is 3. The first kappa shape index (κ1) is 13.7. The van der Waals surface area contributed by atoms with Crippen molar-refractivity contribution in [1.29, 1.82) is 0 Å². The Bertz CT molecular complexity index is 406. The van der Waals surface area contributed by atoms with E-state index in [9.17, 15) is 0 Å². The van der Waals surface area contributed by atoms with Crippen LogP contribution in [-0.4, -0.2) is 51.2 Å². The van der Waals surface area contributed by atoms with E-state index in [1.807, 2.05) is 6.07 Å². The number of likely N-dealkylation sites (N-methyl/N-ethyl adjacent to an activating group) is 1. The molecule has 1 aromatic carbocycles. The Labute approximate surface area is 115 Å². The minimum atomic E-state index is 0.520. The Morgan fingerprint density at radius 1 is 1.44 bits per heavy atom. The van der Waals surface area contributed by atoms with Gasteiger partial charge in [0.05, 0.1) is 0 Å². The Kier molecular flexibility index (Phi) is 4.49. The number of halogens is 1. The van der Waals surface area contributed by atoms with E-state index >= 15 is 0 Å². The van der Waals surface area contributed by atoms with Gasteiger partial charge in [-0.1, -0.05) is 17.7 Å². The Hall–Kier alpha value is -0.770. The molecular weight excluding hydrogens is 246 g/mol. The van der Waals surface area contributed by atoms with Gasteiger partial charge in [-0.3, -0.25) is 0 Å². The molecule has 1 saturated heterocycles. The number of aryl methyl sites for hydroxylation is 1. The molecule has 1 aromatic rings. The van der Waals surface area contributed by atoms with Crippen LogP contribution < -0.4 is 10.2 Å². The van der Waals surface area contributed by atoms with Gasteiger partial charge in [0.1, 0.15) is 0 Å². The molecule has 0 radical (unpaired) electrons. The summed E-state index contributed by atoms with van der Waals surface area (Å²) >= 11 is 6.11. The van der Waals surface area contributed by atoms with E-state index in [0.29, 0.717) is 6.04 Å². The number of nitrogens with one attached hydrogen (secondary N) is 1. The van der Waals surface area contributed by atoms with Crippen LogP contribution >= 0.6 is 11.6 Å². The molecule has 1 heterocycles. The average molecular weight is 268 g/mol. The van der Waals surface area contributed by atoms with Gasteiger partial charge in [0.2, 0.25) is 0 Å². The fourth-order valence-electron chi connectivity index (χ4n) is 2.53. The number of hydrogen-bond acceptors (Lipinski definition) is 3. The third-order valence-corrected chi connectivity index (χ3v) is 3.59. The molecule has 1 aliphatic rings. The van der Waals surface area contributed by atoms with Gasteiger partial charge in [0.25, 0.3) is 0 Å². The normalized spacial score (nSPS) is 20.5. The van der Waals surface area contributed by atoms with E-state index in [0.717, 1.165) is 31.2 Å². The van der Waals surface area contributed by atoms with Crippen LogP contribution in [0.5, 0.6) is 0 Å². The number of hydrogen-bond donors (Lipinski definition) is 1. The summed E-state index contributed by atoms with van der Waals surface area (Å²) in [7, 11) is 4.23. The highest BCUT2D eigenvalue weighted by atomic mass is 35.5. The first-order valence-corrected chi connectivity index (χ1v) is 6.83. The van der Waals surface area contributed by atoms with Crippen molar-refractivity contribution in [2.75, 3.05) is 45.2 Å². The van der Waals surface area contributed by atoms with Gasteiger partial charge in [-0.2, -0.15) is 0 Å². The summed E-state index contributed by atoms with van der Waals surface area (Å²) in [6.07, 6.45) is 0. The van der Waals surface area contributed by atoms with E-state index in [1.54, 1.807) is 0 Å². The van der Waals surface area contributed by atoms with Crippen LogP contribution in [0.15, 0.2) is 18.2 Å². The first-order chi connectivity index (χ1) is 8.56. The van der Waals surface area contributed by atoms with Crippen LogP contribution in [0.2, 0.25) is 5.02 Å². The largest absolute Gasteiger partial charge is 0.368 e. The van der Waals surface area contributed by atoms with Gasteiger partial charge in [-0.25, -0.2) is 0 Å². The van der Waals surface area contributed by atoms with Crippen LogP contribution in [0.1, 0.15) is 5.56 Å². The number of benzene rings is 1. The Morgan fingerprint density at radius 2 is 2.22 bits per heavy atom. The number of anilines is 1. The highest BCUT2D eigenvalue weighted by Gasteiger charge is 2.21. The monoisotopic (exact) mass is 267 g/mol.